The lowest BCUT2D eigenvalue weighted by Crippen LogP contribution is -2.01. The van der Waals surface area contributed by atoms with Gasteiger partial charge in [-0.2, -0.15) is 0 Å². The van der Waals surface area contributed by atoms with E-state index in [9.17, 15) is 0 Å². The summed E-state index contributed by atoms with van der Waals surface area (Å²) in [5.41, 5.74) is 2.32. The minimum atomic E-state index is 0.639. The third kappa shape index (κ3) is 14.7. The second kappa shape index (κ2) is 21.0. The quantitative estimate of drug-likeness (QED) is 0.249. The molecule has 2 aromatic carbocycles. The molecular formula is C26H34O6. The second-order valence-electron chi connectivity index (χ2n) is 6.18. The van der Waals surface area contributed by atoms with Crippen molar-refractivity contribution >= 4 is 12.6 Å². The number of hydrogen-bond donors (Lipinski definition) is 0. The maximum absolute atomic E-state index is 9.06. The molecule has 0 aliphatic rings. The highest BCUT2D eigenvalue weighted by Crippen LogP contribution is 2.24. The highest BCUT2D eigenvalue weighted by Gasteiger charge is 2.00. The van der Waals surface area contributed by atoms with Crippen LogP contribution in [0.5, 0.6) is 11.5 Å². The summed E-state index contributed by atoms with van der Waals surface area (Å²) in [5, 5.41) is 0. The second-order valence-corrected chi connectivity index (χ2v) is 6.18. The summed E-state index contributed by atoms with van der Waals surface area (Å²) in [5.74, 6) is 1.76. The Hall–Kier alpha value is -3.22. The van der Waals surface area contributed by atoms with E-state index in [-0.39, 0.29) is 0 Å². The Balaban J connectivity index is 0.00000104. The van der Waals surface area contributed by atoms with Gasteiger partial charge >= 0.3 is 0 Å². The van der Waals surface area contributed by atoms with E-state index in [2.05, 4.69) is 37.4 Å². The molecule has 0 amide bonds. The molecule has 0 aliphatic heterocycles. The number of hydrogen-bond acceptors (Lipinski definition) is 6. The zero-order valence-corrected chi connectivity index (χ0v) is 19.0. The maximum atomic E-state index is 9.06. The van der Waals surface area contributed by atoms with Gasteiger partial charge in [0.25, 0.3) is 0 Å². The maximum Gasteiger partial charge on any atom is 0.142 e. The van der Waals surface area contributed by atoms with Crippen molar-refractivity contribution in [3.63, 3.8) is 0 Å². The van der Waals surface area contributed by atoms with Gasteiger partial charge in [0.15, 0.2) is 0 Å². The molecular weight excluding hydrogens is 408 g/mol. The van der Waals surface area contributed by atoms with E-state index in [0.29, 0.717) is 25.8 Å². The molecule has 0 spiro atoms. The molecule has 0 N–H and O–H groups in total. The number of rotatable bonds is 13. The molecule has 0 heterocycles. The van der Waals surface area contributed by atoms with Crippen LogP contribution in [0.4, 0.5) is 0 Å². The van der Waals surface area contributed by atoms with E-state index in [0.717, 1.165) is 48.7 Å². The summed E-state index contributed by atoms with van der Waals surface area (Å²) in [7, 11) is 3.40. The summed E-state index contributed by atoms with van der Waals surface area (Å²) in [6.07, 6.45) is 5.45. The SMILES string of the molecule is C=CC=O.C=CC=O.COCCCOc1ccc(-c2ccc(OCCCOC)cc2)cc1. The fourth-order valence-electron chi connectivity index (χ4n) is 2.27. The van der Waals surface area contributed by atoms with Crippen LogP contribution in [0.15, 0.2) is 73.8 Å². The summed E-state index contributed by atoms with van der Waals surface area (Å²) in [4.78, 5) is 18.1. The summed E-state index contributed by atoms with van der Waals surface area (Å²) in [6.45, 7) is 9.00. The normalized spacial score (nSPS) is 9.19. The van der Waals surface area contributed by atoms with Crippen molar-refractivity contribution in [1.82, 2.24) is 0 Å². The molecule has 0 unspecified atom stereocenters. The average molecular weight is 443 g/mol. The fourth-order valence-corrected chi connectivity index (χ4v) is 2.27. The topological polar surface area (TPSA) is 71.1 Å². The third-order valence-corrected chi connectivity index (χ3v) is 3.76. The molecule has 0 radical (unpaired) electrons. The van der Waals surface area contributed by atoms with Gasteiger partial charge < -0.3 is 18.9 Å². The summed E-state index contributed by atoms with van der Waals surface area (Å²) >= 11 is 0. The standard InChI is InChI=1S/C20H26O4.2C3H4O/c1-21-13-3-15-23-19-9-5-17(6-10-19)18-7-11-20(12-8-18)24-16-4-14-22-2;2*1-2-3-4/h5-12H,3-4,13-16H2,1-2H3;2*2-3H,1H2. The predicted octanol–water partition coefficient (Wildman–Crippen LogP) is 4.93. The molecule has 0 saturated heterocycles. The van der Waals surface area contributed by atoms with Gasteiger partial charge in [-0.3, -0.25) is 9.59 Å². The lowest BCUT2D eigenvalue weighted by atomic mass is 10.1. The van der Waals surface area contributed by atoms with Crippen molar-refractivity contribution in [2.75, 3.05) is 40.6 Å². The highest BCUT2D eigenvalue weighted by molar-refractivity contribution is 5.65. The number of methoxy groups -OCH3 is 2. The van der Waals surface area contributed by atoms with Crippen molar-refractivity contribution in [2.24, 2.45) is 0 Å². The monoisotopic (exact) mass is 442 g/mol. The van der Waals surface area contributed by atoms with E-state index >= 15 is 0 Å². The molecule has 174 valence electrons. The zero-order valence-electron chi connectivity index (χ0n) is 19.0. The zero-order chi connectivity index (χ0) is 23.9. The first-order valence-electron chi connectivity index (χ1n) is 10.2. The van der Waals surface area contributed by atoms with E-state index in [1.165, 1.54) is 12.2 Å². The molecule has 0 atom stereocenters. The van der Waals surface area contributed by atoms with E-state index in [1.54, 1.807) is 14.2 Å². The molecule has 2 rings (SSSR count). The van der Waals surface area contributed by atoms with Crippen LogP contribution in [-0.4, -0.2) is 53.2 Å². The molecule has 0 fully saturated rings. The van der Waals surface area contributed by atoms with Crippen LogP contribution in [0.2, 0.25) is 0 Å². The number of benzene rings is 2. The minimum Gasteiger partial charge on any atom is -0.494 e. The average Bonchev–Trinajstić information content (AvgIpc) is 2.85. The molecule has 6 nitrogen and oxygen atoms in total. The van der Waals surface area contributed by atoms with Gasteiger partial charge in [-0.15, -0.1) is 0 Å². The number of aldehydes is 2. The van der Waals surface area contributed by atoms with Crippen molar-refractivity contribution < 1.29 is 28.5 Å². The Kier molecular flexibility index (Phi) is 18.9. The van der Waals surface area contributed by atoms with Crippen LogP contribution in [0.25, 0.3) is 11.1 Å². The number of carbonyl (C=O) groups excluding carboxylic acids is 2. The summed E-state index contributed by atoms with van der Waals surface area (Å²) in [6, 6.07) is 16.3. The predicted molar refractivity (Wildman–Crippen MR) is 128 cm³/mol. The van der Waals surface area contributed by atoms with Crippen molar-refractivity contribution in [2.45, 2.75) is 12.8 Å². The smallest absolute Gasteiger partial charge is 0.142 e. The van der Waals surface area contributed by atoms with Gasteiger partial charge in [0.05, 0.1) is 13.2 Å². The molecule has 6 heteroatoms. The van der Waals surface area contributed by atoms with E-state index < -0.39 is 0 Å². The van der Waals surface area contributed by atoms with E-state index in [1.807, 2.05) is 24.3 Å². The van der Waals surface area contributed by atoms with Gasteiger partial charge in [-0.05, 0) is 47.5 Å². The van der Waals surface area contributed by atoms with Gasteiger partial charge in [-0.1, -0.05) is 37.4 Å². The van der Waals surface area contributed by atoms with Crippen LogP contribution >= 0.6 is 0 Å². The third-order valence-electron chi connectivity index (χ3n) is 3.76. The Morgan fingerprint density at radius 3 is 1.19 bits per heavy atom. The van der Waals surface area contributed by atoms with Gasteiger partial charge in [0, 0.05) is 40.3 Å². The number of carbonyl (C=O) groups is 2. The molecule has 0 bridgehead atoms. The Morgan fingerprint density at radius 2 is 0.938 bits per heavy atom. The Bertz CT molecular complexity index is 660. The minimum absolute atomic E-state index is 0.639. The van der Waals surface area contributed by atoms with Crippen LogP contribution in [0.1, 0.15) is 12.8 Å². The van der Waals surface area contributed by atoms with Crippen LogP contribution in [0, 0.1) is 0 Å². The van der Waals surface area contributed by atoms with Gasteiger partial charge in [0.1, 0.15) is 24.1 Å². The van der Waals surface area contributed by atoms with Crippen molar-refractivity contribution in [1.29, 1.82) is 0 Å². The number of ether oxygens (including phenoxy) is 4. The Labute approximate surface area is 191 Å². The molecule has 0 aliphatic carbocycles. The largest absolute Gasteiger partial charge is 0.494 e. The van der Waals surface area contributed by atoms with Crippen LogP contribution < -0.4 is 9.47 Å². The van der Waals surface area contributed by atoms with Crippen LogP contribution in [-0.2, 0) is 19.1 Å². The Morgan fingerprint density at radius 1 is 0.625 bits per heavy atom. The van der Waals surface area contributed by atoms with Crippen molar-refractivity contribution in [3.05, 3.63) is 73.8 Å². The van der Waals surface area contributed by atoms with E-state index in [4.69, 9.17) is 28.5 Å². The first kappa shape index (κ1) is 28.8. The van der Waals surface area contributed by atoms with Crippen LogP contribution in [0.3, 0.4) is 0 Å². The lowest BCUT2D eigenvalue weighted by molar-refractivity contribution is -0.104. The molecule has 0 aromatic heterocycles. The highest BCUT2D eigenvalue weighted by atomic mass is 16.5. The fraction of sp³-hybridized carbons (Fsp3) is 0.308. The molecule has 0 saturated carbocycles. The summed E-state index contributed by atoms with van der Waals surface area (Å²) < 4.78 is 21.4. The number of allylic oxidation sites excluding steroid dienone is 2. The first-order chi connectivity index (χ1) is 15.7. The van der Waals surface area contributed by atoms with Crippen molar-refractivity contribution in [3.8, 4) is 22.6 Å². The molecule has 2 aromatic rings. The van der Waals surface area contributed by atoms with Gasteiger partial charge in [0.2, 0.25) is 0 Å². The molecule has 32 heavy (non-hydrogen) atoms. The first-order valence-corrected chi connectivity index (χ1v) is 10.2. The lowest BCUT2D eigenvalue weighted by Gasteiger charge is -2.09. The van der Waals surface area contributed by atoms with Gasteiger partial charge in [-0.25, -0.2) is 0 Å².